The molecule has 2 nitrogen and oxygen atoms in total. The lowest BCUT2D eigenvalue weighted by atomic mass is 10.2. The van der Waals surface area contributed by atoms with E-state index in [4.69, 9.17) is 23.2 Å². The van der Waals surface area contributed by atoms with Gasteiger partial charge in [0.2, 0.25) is 0 Å². The molecule has 0 aliphatic heterocycles. The molecule has 0 atom stereocenters. The van der Waals surface area contributed by atoms with E-state index >= 15 is 0 Å². The Bertz CT molecular complexity index is 517. The predicted molar refractivity (Wildman–Crippen MR) is 67.9 cm³/mol. The zero-order valence-corrected chi connectivity index (χ0v) is 10.0. The van der Waals surface area contributed by atoms with Crippen LogP contribution in [0.1, 0.15) is 5.69 Å². The van der Waals surface area contributed by atoms with Crippen molar-refractivity contribution in [3.05, 3.63) is 52.8 Å². The molecule has 0 amide bonds. The number of nitrogens with one attached hydrogen (secondary N) is 1. The van der Waals surface area contributed by atoms with Gasteiger partial charge in [-0.1, -0.05) is 29.3 Å². The largest absolute Gasteiger partial charge is 0.342 e. The van der Waals surface area contributed by atoms with Crippen LogP contribution >= 0.6 is 23.2 Å². The summed E-state index contributed by atoms with van der Waals surface area (Å²) in [5.41, 5.74) is 1.95. The molecule has 0 saturated carbocycles. The zero-order chi connectivity index (χ0) is 11.5. The van der Waals surface area contributed by atoms with Crippen molar-refractivity contribution < 1.29 is 0 Å². The summed E-state index contributed by atoms with van der Waals surface area (Å²) in [6.45, 7) is 3.68. The van der Waals surface area contributed by atoms with Crippen LogP contribution in [0.4, 0.5) is 0 Å². The number of aromatic nitrogens is 2. The topological polar surface area (TPSA) is 28.7 Å². The molecule has 1 aromatic carbocycles. The molecule has 0 saturated heterocycles. The summed E-state index contributed by atoms with van der Waals surface area (Å²) in [5, 5.41) is 1.07. The Labute approximate surface area is 104 Å². The second-order valence-corrected chi connectivity index (χ2v) is 4.19. The van der Waals surface area contributed by atoms with Crippen LogP contribution < -0.4 is 0 Å². The highest BCUT2D eigenvalue weighted by atomic mass is 35.5. The first kappa shape index (κ1) is 11.2. The standard InChI is InChI=1S/C12H10Cl2N2/c1-2-3-9-7-15-12(16-9)8-4-5-10(13)11(14)6-8/h2,4-7H,1,3H2,(H,15,16). The van der Waals surface area contributed by atoms with Gasteiger partial charge < -0.3 is 4.98 Å². The summed E-state index contributed by atoms with van der Waals surface area (Å²) in [4.78, 5) is 7.46. The summed E-state index contributed by atoms with van der Waals surface area (Å²) < 4.78 is 0. The minimum atomic E-state index is 0.529. The maximum absolute atomic E-state index is 5.94. The van der Waals surface area contributed by atoms with Crippen LogP contribution in [0.25, 0.3) is 11.4 Å². The molecule has 0 unspecified atom stereocenters. The molecule has 1 N–H and O–H groups in total. The van der Waals surface area contributed by atoms with E-state index in [0.29, 0.717) is 10.0 Å². The van der Waals surface area contributed by atoms with Crippen LogP contribution in [-0.2, 0) is 6.42 Å². The van der Waals surface area contributed by atoms with Crippen molar-refractivity contribution in [3.63, 3.8) is 0 Å². The number of hydrogen-bond donors (Lipinski definition) is 1. The Hall–Kier alpha value is -1.25. The van der Waals surface area contributed by atoms with Crippen LogP contribution in [0, 0.1) is 0 Å². The van der Waals surface area contributed by atoms with Crippen molar-refractivity contribution >= 4 is 23.2 Å². The number of aromatic amines is 1. The fraction of sp³-hybridized carbons (Fsp3) is 0.0833. The number of rotatable bonds is 3. The summed E-state index contributed by atoms with van der Waals surface area (Å²) in [6, 6.07) is 5.43. The number of benzene rings is 1. The van der Waals surface area contributed by atoms with Gasteiger partial charge in [-0.15, -0.1) is 6.58 Å². The lowest BCUT2D eigenvalue weighted by Crippen LogP contribution is -1.83. The molecule has 1 heterocycles. The SMILES string of the molecule is C=CCc1cnc(-c2ccc(Cl)c(Cl)c2)[nH]1. The average molecular weight is 253 g/mol. The van der Waals surface area contributed by atoms with Crippen LogP contribution in [0.5, 0.6) is 0 Å². The summed E-state index contributed by atoms with van der Waals surface area (Å²) in [6.07, 6.45) is 4.39. The Morgan fingerprint density at radius 2 is 2.12 bits per heavy atom. The van der Waals surface area contributed by atoms with E-state index in [-0.39, 0.29) is 0 Å². The first-order valence-corrected chi connectivity index (χ1v) is 5.56. The second kappa shape index (κ2) is 4.73. The molecular weight excluding hydrogens is 243 g/mol. The van der Waals surface area contributed by atoms with Gasteiger partial charge in [0.05, 0.1) is 10.0 Å². The first-order valence-electron chi connectivity index (χ1n) is 4.81. The van der Waals surface area contributed by atoms with Crippen LogP contribution in [0.2, 0.25) is 10.0 Å². The number of hydrogen-bond acceptors (Lipinski definition) is 1. The Kier molecular flexibility index (Phi) is 3.32. The Morgan fingerprint density at radius 3 is 2.81 bits per heavy atom. The second-order valence-electron chi connectivity index (χ2n) is 3.38. The van der Waals surface area contributed by atoms with Crippen LogP contribution in [-0.4, -0.2) is 9.97 Å². The fourth-order valence-electron chi connectivity index (χ4n) is 1.41. The monoisotopic (exact) mass is 252 g/mol. The van der Waals surface area contributed by atoms with Gasteiger partial charge in [-0.05, 0) is 18.2 Å². The molecular formula is C12H10Cl2N2. The van der Waals surface area contributed by atoms with Gasteiger partial charge in [-0.3, -0.25) is 0 Å². The number of H-pyrrole nitrogens is 1. The molecule has 82 valence electrons. The minimum Gasteiger partial charge on any atom is -0.342 e. The molecule has 2 rings (SSSR count). The van der Waals surface area contributed by atoms with Crippen molar-refractivity contribution in [1.82, 2.24) is 9.97 Å². The highest BCUT2D eigenvalue weighted by Gasteiger charge is 2.05. The van der Waals surface area contributed by atoms with Crippen LogP contribution in [0.15, 0.2) is 37.1 Å². The van der Waals surface area contributed by atoms with E-state index in [0.717, 1.165) is 23.5 Å². The highest BCUT2D eigenvalue weighted by molar-refractivity contribution is 6.42. The van der Waals surface area contributed by atoms with Gasteiger partial charge in [-0.25, -0.2) is 4.98 Å². The van der Waals surface area contributed by atoms with Crippen molar-refractivity contribution in [2.75, 3.05) is 0 Å². The normalized spacial score (nSPS) is 10.4. The third-order valence-corrected chi connectivity index (χ3v) is 2.92. The smallest absolute Gasteiger partial charge is 0.137 e. The van der Waals surface area contributed by atoms with Gasteiger partial charge in [0.25, 0.3) is 0 Å². The molecule has 0 radical (unpaired) electrons. The van der Waals surface area contributed by atoms with E-state index in [1.165, 1.54) is 0 Å². The lowest BCUT2D eigenvalue weighted by Gasteiger charge is -1.99. The molecule has 0 aliphatic rings. The Balaban J connectivity index is 2.34. The van der Waals surface area contributed by atoms with Gasteiger partial charge in [-0.2, -0.15) is 0 Å². The van der Waals surface area contributed by atoms with Crippen molar-refractivity contribution in [2.45, 2.75) is 6.42 Å². The number of allylic oxidation sites excluding steroid dienone is 1. The molecule has 16 heavy (non-hydrogen) atoms. The number of halogens is 2. The molecule has 0 aliphatic carbocycles. The van der Waals surface area contributed by atoms with E-state index in [9.17, 15) is 0 Å². The quantitative estimate of drug-likeness (QED) is 0.819. The maximum atomic E-state index is 5.94. The van der Waals surface area contributed by atoms with Crippen molar-refractivity contribution in [3.8, 4) is 11.4 Å². The zero-order valence-electron chi connectivity index (χ0n) is 8.50. The van der Waals surface area contributed by atoms with Crippen molar-refractivity contribution in [1.29, 1.82) is 0 Å². The van der Waals surface area contributed by atoms with E-state index in [2.05, 4.69) is 16.5 Å². The van der Waals surface area contributed by atoms with Crippen LogP contribution in [0.3, 0.4) is 0 Å². The molecule has 0 fully saturated rings. The summed E-state index contributed by atoms with van der Waals surface area (Å²) >= 11 is 11.8. The summed E-state index contributed by atoms with van der Waals surface area (Å²) in [7, 11) is 0. The molecule has 1 aromatic heterocycles. The third kappa shape index (κ3) is 2.29. The summed E-state index contributed by atoms with van der Waals surface area (Å²) in [5.74, 6) is 0.787. The van der Waals surface area contributed by atoms with E-state index in [1.807, 2.05) is 12.1 Å². The van der Waals surface area contributed by atoms with Gasteiger partial charge in [0, 0.05) is 23.9 Å². The van der Waals surface area contributed by atoms with Crippen molar-refractivity contribution in [2.24, 2.45) is 0 Å². The maximum Gasteiger partial charge on any atom is 0.137 e. The predicted octanol–water partition coefficient (Wildman–Crippen LogP) is 4.11. The highest BCUT2D eigenvalue weighted by Crippen LogP contribution is 2.26. The minimum absolute atomic E-state index is 0.529. The van der Waals surface area contributed by atoms with Gasteiger partial charge in [0.15, 0.2) is 0 Å². The number of nitrogens with zero attached hydrogens (tertiary/aromatic N) is 1. The molecule has 2 aromatic rings. The van der Waals surface area contributed by atoms with E-state index in [1.54, 1.807) is 18.3 Å². The molecule has 0 bridgehead atoms. The lowest BCUT2D eigenvalue weighted by molar-refractivity contribution is 1.16. The van der Waals surface area contributed by atoms with Gasteiger partial charge in [0.1, 0.15) is 5.82 Å². The first-order chi connectivity index (χ1) is 7.70. The fourth-order valence-corrected chi connectivity index (χ4v) is 1.71. The van der Waals surface area contributed by atoms with E-state index < -0.39 is 0 Å². The number of imidazole rings is 1. The Morgan fingerprint density at radius 1 is 1.31 bits per heavy atom. The van der Waals surface area contributed by atoms with Gasteiger partial charge >= 0.3 is 0 Å². The molecule has 0 spiro atoms. The average Bonchev–Trinajstić information content (AvgIpc) is 2.71. The molecule has 4 heteroatoms. The third-order valence-electron chi connectivity index (χ3n) is 2.19.